The molecule has 172 valence electrons. The third-order valence-electron chi connectivity index (χ3n) is 5.12. The monoisotopic (exact) mass is 468 g/mol. The zero-order valence-electron chi connectivity index (χ0n) is 18.4. The van der Waals surface area contributed by atoms with Crippen LogP contribution < -0.4 is 5.32 Å². The fourth-order valence-electron chi connectivity index (χ4n) is 3.22. The molecule has 8 heteroatoms. The molecule has 0 aliphatic heterocycles. The molecule has 0 fully saturated rings. The lowest BCUT2D eigenvalue weighted by molar-refractivity contribution is -0.115. The highest BCUT2D eigenvalue weighted by atomic mass is 32.2. The lowest BCUT2D eigenvalue weighted by atomic mass is 10.1. The second-order valence-electron chi connectivity index (χ2n) is 7.64. The van der Waals surface area contributed by atoms with Crippen molar-refractivity contribution >= 4 is 27.3 Å². The molecule has 0 saturated carbocycles. The zero-order valence-corrected chi connectivity index (χ0v) is 19.2. The molecule has 0 radical (unpaired) electrons. The highest BCUT2D eigenvalue weighted by Crippen LogP contribution is 2.15. The van der Waals surface area contributed by atoms with Gasteiger partial charge in [-0.15, -0.1) is 0 Å². The number of rotatable bonds is 8. The summed E-state index contributed by atoms with van der Waals surface area (Å²) in [5, 5.41) is 2.77. The van der Waals surface area contributed by atoms with Crippen molar-refractivity contribution in [2.45, 2.75) is 24.8 Å². The topological polar surface area (TPSA) is 83.5 Å². The molecule has 33 heavy (non-hydrogen) atoms. The molecule has 0 aliphatic carbocycles. The predicted octanol–water partition coefficient (Wildman–Crippen LogP) is 4.07. The summed E-state index contributed by atoms with van der Waals surface area (Å²) < 4.78 is 36.8. The Kier molecular flexibility index (Phi) is 7.60. The smallest absolute Gasteiger partial charge is 0.253 e. The van der Waals surface area contributed by atoms with E-state index in [-0.39, 0.29) is 34.7 Å². The number of nitrogens with one attached hydrogen (secondary N) is 1. The van der Waals surface area contributed by atoms with Crippen LogP contribution in [0, 0.1) is 5.82 Å². The molecular weight excluding hydrogens is 443 g/mol. The summed E-state index contributed by atoms with van der Waals surface area (Å²) in [6.45, 7) is 1.93. The van der Waals surface area contributed by atoms with Gasteiger partial charge in [-0.05, 0) is 59.7 Å². The molecular formula is C25H25FN2O4S. The quantitative estimate of drug-likeness (QED) is 0.540. The van der Waals surface area contributed by atoms with Gasteiger partial charge in [0.15, 0.2) is 9.84 Å². The largest absolute Gasteiger partial charge is 0.337 e. The standard InChI is InChI=1S/C25H25FN2O4S/c1-3-33(31,32)23-14-6-18(7-15-23)16-24(29)27-22-12-8-20(9-13-22)25(30)28(2)17-19-4-10-21(26)11-5-19/h4-15H,3,16-17H2,1-2H3,(H,27,29). The van der Waals surface area contributed by atoms with E-state index in [0.717, 1.165) is 5.56 Å². The van der Waals surface area contributed by atoms with Crippen LogP contribution in [0.3, 0.4) is 0 Å². The van der Waals surface area contributed by atoms with Gasteiger partial charge in [0.05, 0.1) is 17.1 Å². The van der Waals surface area contributed by atoms with E-state index in [1.54, 1.807) is 62.5 Å². The van der Waals surface area contributed by atoms with Crippen LogP contribution >= 0.6 is 0 Å². The molecule has 3 aromatic rings. The van der Waals surface area contributed by atoms with Crippen molar-refractivity contribution in [2.24, 2.45) is 0 Å². The molecule has 0 aromatic heterocycles. The molecule has 0 bridgehead atoms. The van der Waals surface area contributed by atoms with Gasteiger partial charge < -0.3 is 10.2 Å². The average Bonchev–Trinajstić information content (AvgIpc) is 2.81. The molecule has 3 aromatic carbocycles. The van der Waals surface area contributed by atoms with Gasteiger partial charge in [0.25, 0.3) is 5.91 Å². The lowest BCUT2D eigenvalue weighted by Crippen LogP contribution is -2.26. The van der Waals surface area contributed by atoms with E-state index in [1.807, 2.05) is 0 Å². The molecule has 1 N–H and O–H groups in total. The molecule has 2 amide bonds. The van der Waals surface area contributed by atoms with E-state index in [4.69, 9.17) is 0 Å². The average molecular weight is 469 g/mol. The Hall–Kier alpha value is -3.52. The molecule has 0 aliphatic rings. The van der Waals surface area contributed by atoms with Crippen LogP contribution in [-0.2, 0) is 27.6 Å². The summed E-state index contributed by atoms with van der Waals surface area (Å²) in [5.74, 6) is -0.757. The van der Waals surface area contributed by atoms with Crippen LogP contribution in [0.5, 0.6) is 0 Å². The molecule has 0 spiro atoms. The predicted molar refractivity (Wildman–Crippen MR) is 125 cm³/mol. The maximum absolute atomic E-state index is 13.0. The lowest BCUT2D eigenvalue weighted by Gasteiger charge is -2.17. The van der Waals surface area contributed by atoms with Crippen molar-refractivity contribution in [1.82, 2.24) is 4.90 Å². The van der Waals surface area contributed by atoms with Crippen LogP contribution in [0.1, 0.15) is 28.4 Å². The van der Waals surface area contributed by atoms with E-state index in [1.165, 1.54) is 29.2 Å². The Morgan fingerprint density at radius 2 is 1.45 bits per heavy atom. The van der Waals surface area contributed by atoms with Crippen molar-refractivity contribution < 1.29 is 22.4 Å². The fourth-order valence-corrected chi connectivity index (χ4v) is 4.11. The van der Waals surface area contributed by atoms with Crippen molar-refractivity contribution in [3.05, 3.63) is 95.3 Å². The number of nitrogens with zero attached hydrogens (tertiary/aromatic N) is 1. The Morgan fingerprint density at radius 3 is 2.03 bits per heavy atom. The highest BCUT2D eigenvalue weighted by Gasteiger charge is 2.14. The maximum atomic E-state index is 13.0. The van der Waals surface area contributed by atoms with Crippen molar-refractivity contribution in [3.8, 4) is 0 Å². The summed E-state index contributed by atoms with van der Waals surface area (Å²) in [6.07, 6.45) is 0.0908. The second-order valence-corrected chi connectivity index (χ2v) is 9.92. The number of hydrogen-bond donors (Lipinski definition) is 1. The summed E-state index contributed by atoms with van der Waals surface area (Å²) in [6, 6.07) is 18.8. The van der Waals surface area contributed by atoms with E-state index < -0.39 is 9.84 Å². The Morgan fingerprint density at radius 1 is 0.879 bits per heavy atom. The van der Waals surface area contributed by atoms with Crippen LogP contribution in [0.4, 0.5) is 10.1 Å². The summed E-state index contributed by atoms with van der Waals surface area (Å²) >= 11 is 0. The number of anilines is 1. The Balaban J connectivity index is 1.56. The van der Waals surface area contributed by atoms with Gasteiger partial charge in [-0.1, -0.05) is 31.2 Å². The van der Waals surface area contributed by atoms with Gasteiger partial charge in [0, 0.05) is 24.8 Å². The van der Waals surface area contributed by atoms with Crippen LogP contribution in [-0.4, -0.2) is 37.9 Å². The first-order valence-corrected chi connectivity index (χ1v) is 12.0. The third kappa shape index (κ3) is 6.49. The first-order valence-electron chi connectivity index (χ1n) is 10.4. The van der Waals surface area contributed by atoms with Crippen LogP contribution in [0.25, 0.3) is 0 Å². The fraction of sp³-hybridized carbons (Fsp3) is 0.200. The zero-order chi connectivity index (χ0) is 24.0. The number of sulfone groups is 1. The van der Waals surface area contributed by atoms with Gasteiger partial charge in [-0.25, -0.2) is 12.8 Å². The van der Waals surface area contributed by atoms with Gasteiger partial charge in [0.1, 0.15) is 5.82 Å². The molecule has 0 heterocycles. The number of amides is 2. The molecule has 6 nitrogen and oxygen atoms in total. The molecule has 0 saturated heterocycles. The first-order chi connectivity index (χ1) is 15.7. The molecule has 0 unspecified atom stereocenters. The molecule has 0 atom stereocenters. The summed E-state index contributed by atoms with van der Waals surface area (Å²) in [7, 11) is -1.61. The minimum atomic E-state index is -3.28. The summed E-state index contributed by atoms with van der Waals surface area (Å²) in [5.41, 5.74) is 2.52. The van der Waals surface area contributed by atoms with Crippen molar-refractivity contribution in [3.63, 3.8) is 0 Å². The summed E-state index contributed by atoms with van der Waals surface area (Å²) in [4.78, 5) is 26.7. The number of hydrogen-bond acceptors (Lipinski definition) is 4. The number of halogens is 1. The highest BCUT2D eigenvalue weighted by molar-refractivity contribution is 7.91. The van der Waals surface area contributed by atoms with E-state index >= 15 is 0 Å². The minimum Gasteiger partial charge on any atom is -0.337 e. The number of benzene rings is 3. The SMILES string of the molecule is CCS(=O)(=O)c1ccc(CC(=O)Nc2ccc(C(=O)N(C)Cc3ccc(F)cc3)cc2)cc1. The van der Waals surface area contributed by atoms with Gasteiger partial charge in [-0.2, -0.15) is 0 Å². The van der Waals surface area contributed by atoms with Gasteiger partial charge in [0.2, 0.25) is 5.91 Å². The minimum absolute atomic E-state index is 0.0212. The third-order valence-corrected chi connectivity index (χ3v) is 6.87. The van der Waals surface area contributed by atoms with Gasteiger partial charge >= 0.3 is 0 Å². The second kappa shape index (κ2) is 10.4. The van der Waals surface area contributed by atoms with Crippen LogP contribution in [0.2, 0.25) is 0 Å². The van der Waals surface area contributed by atoms with E-state index in [9.17, 15) is 22.4 Å². The van der Waals surface area contributed by atoms with Crippen molar-refractivity contribution in [1.29, 1.82) is 0 Å². The number of carbonyl (C=O) groups excluding carboxylic acids is 2. The Labute approximate surface area is 193 Å². The number of carbonyl (C=O) groups is 2. The van der Waals surface area contributed by atoms with Crippen molar-refractivity contribution in [2.75, 3.05) is 18.1 Å². The normalized spacial score (nSPS) is 11.1. The first kappa shape index (κ1) is 24.1. The van der Waals surface area contributed by atoms with Crippen LogP contribution in [0.15, 0.2) is 77.7 Å². The molecule has 3 rings (SSSR count). The maximum Gasteiger partial charge on any atom is 0.253 e. The van der Waals surface area contributed by atoms with E-state index in [2.05, 4.69) is 5.32 Å². The Bertz CT molecular complexity index is 1220. The van der Waals surface area contributed by atoms with E-state index in [0.29, 0.717) is 23.4 Å². The van der Waals surface area contributed by atoms with Gasteiger partial charge in [-0.3, -0.25) is 9.59 Å².